The van der Waals surface area contributed by atoms with E-state index in [-0.39, 0.29) is 12.2 Å². The zero-order chi connectivity index (χ0) is 18.8. The molecule has 0 atom stereocenters. The van der Waals surface area contributed by atoms with Crippen LogP contribution >= 0.6 is 11.6 Å². The van der Waals surface area contributed by atoms with E-state index >= 15 is 0 Å². The summed E-state index contributed by atoms with van der Waals surface area (Å²) in [4.78, 5) is 16.7. The highest BCUT2D eigenvalue weighted by Gasteiger charge is 2.27. The Kier molecular flexibility index (Phi) is 4.48. The number of benzene rings is 1. The van der Waals surface area contributed by atoms with E-state index in [0.29, 0.717) is 16.5 Å². The van der Waals surface area contributed by atoms with Crippen LogP contribution < -0.4 is 14.4 Å². The van der Waals surface area contributed by atoms with Crippen LogP contribution in [0.2, 0.25) is 5.15 Å². The number of nitrogens with zero attached hydrogens (tertiary/aromatic N) is 3. The zero-order valence-electron chi connectivity index (χ0n) is 14.1. The first kappa shape index (κ1) is 17.1. The predicted molar refractivity (Wildman–Crippen MR) is 96.8 cm³/mol. The molecule has 7 heteroatoms. The molecule has 0 aliphatic rings. The monoisotopic (exact) mass is 379 g/mol. The quantitative estimate of drug-likeness (QED) is 0.236. The molecule has 0 fully saturated rings. The number of rotatable bonds is 4. The van der Waals surface area contributed by atoms with Crippen LogP contribution in [0.25, 0.3) is 5.65 Å². The van der Waals surface area contributed by atoms with Gasteiger partial charge in [-0.15, -0.1) is 0 Å². The summed E-state index contributed by atoms with van der Waals surface area (Å²) in [5, 5.41) is 13.4. The Morgan fingerprint density at radius 1 is 1.11 bits per heavy atom. The number of fused-ring (bicyclic) bond motifs is 1. The van der Waals surface area contributed by atoms with Gasteiger partial charge in [0.1, 0.15) is 23.3 Å². The fourth-order valence-corrected chi connectivity index (χ4v) is 2.95. The maximum Gasteiger partial charge on any atom is 0.387 e. The van der Waals surface area contributed by atoms with Crippen molar-refractivity contribution >= 4 is 23.2 Å². The van der Waals surface area contributed by atoms with Gasteiger partial charge in [-0.3, -0.25) is 0 Å². The molecule has 6 nitrogen and oxygen atoms in total. The minimum Gasteiger partial charge on any atom is -0.839 e. The molecule has 0 bridgehead atoms. The lowest BCUT2D eigenvalue weighted by Gasteiger charge is -2.07. The predicted octanol–water partition coefficient (Wildman–Crippen LogP) is 2.62. The lowest BCUT2D eigenvalue weighted by Crippen LogP contribution is -2.37. The van der Waals surface area contributed by atoms with Gasteiger partial charge in [0.2, 0.25) is 0 Å². The van der Waals surface area contributed by atoms with Crippen LogP contribution in [0.4, 0.5) is 0 Å². The third-order valence-corrected chi connectivity index (χ3v) is 4.30. The van der Waals surface area contributed by atoms with Crippen molar-refractivity contribution in [1.29, 1.82) is 0 Å². The van der Waals surface area contributed by atoms with Gasteiger partial charge in [0.15, 0.2) is 0 Å². The summed E-state index contributed by atoms with van der Waals surface area (Å²) < 4.78 is 8.41. The minimum absolute atomic E-state index is 0.0589. The number of hydrogen-bond donors (Lipinski definition) is 0. The summed E-state index contributed by atoms with van der Waals surface area (Å²) in [5.41, 5.74) is 1.31. The van der Waals surface area contributed by atoms with Gasteiger partial charge in [0.05, 0.1) is 6.20 Å². The fourth-order valence-electron chi connectivity index (χ4n) is 2.84. The second-order valence-corrected chi connectivity index (χ2v) is 6.25. The second kappa shape index (κ2) is 7.09. The van der Waals surface area contributed by atoms with Gasteiger partial charge < -0.3 is 9.84 Å². The Morgan fingerprint density at radius 2 is 1.89 bits per heavy atom. The molecule has 0 aliphatic carbocycles. The highest BCUT2D eigenvalue weighted by molar-refractivity contribution is 6.29. The molecular weight excluding hydrogens is 366 g/mol. The summed E-state index contributed by atoms with van der Waals surface area (Å²) in [6, 6.07) is 17.4. The number of halogens is 1. The average Bonchev–Trinajstić information content (AvgIpc) is 2.96. The molecule has 134 valence electrons. The number of para-hydroxylation sites is 1. The van der Waals surface area contributed by atoms with Crippen molar-refractivity contribution in [3.63, 3.8) is 0 Å². The summed E-state index contributed by atoms with van der Waals surface area (Å²) >= 11 is 5.82. The maximum atomic E-state index is 13.0. The van der Waals surface area contributed by atoms with Gasteiger partial charge in [-0.2, -0.15) is 4.40 Å². The summed E-state index contributed by atoms with van der Waals surface area (Å²) in [7, 11) is 0. The first-order valence-corrected chi connectivity index (χ1v) is 8.59. The number of aromatic nitrogens is 3. The topological polar surface area (TPSA) is 70.5 Å². The van der Waals surface area contributed by atoms with E-state index in [4.69, 9.17) is 16.3 Å². The number of pyridine rings is 2. The van der Waals surface area contributed by atoms with Gasteiger partial charge in [0.25, 0.3) is 11.3 Å². The van der Waals surface area contributed by atoms with Crippen molar-refractivity contribution in [1.82, 2.24) is 9.38 Å². The Balaban J connectivity index is 1.76. The van der Waals surface area contributed by atoms with E-state index < -0.39 is 11.8 Å². The lowest BCUT2D eigenvalue weighted by molar-refractivity contribution is -0.704. The molecule has 0 radical (unpaired) electrons. The highest BCUT2D eigenvalue weighted by atomic mass is 35.5. The van der Waals surface area contributed by atoms with E-state index in [1.54, 1.807) is 67.0 Å². The molecule has 3 aromatic heterocycles. The van der Waals surface area contributed by atoms with Crippen LogP contribution in [0.3, 0.4) is 0 Å². The molecule has 0 unspecified atom stereocenters. The van der Waals surface area contributed by atoms with Crippen LogP contribution in [0.5, 0.6) is 11.6 Å². The summed E-state index contributed by atoms with van der Waals surface area (Å²) in [6.07, 6.45) is 3.26. The Bertz CT molecular complexity index is 1110. The third kappa shape index (κ3) is 3.35. The molecule has 0 spiro atoms. The van der Waals surface area contributed by atoms with E-state index in [1.807, 2.05) is 6.07 Å². The molecule has 0 saturated heterocycles. The van der Waals surface area contributed by atoms with Gasteiger partial charge in [-0.25, -0.2) is 14.3 Å². The Labute approximate surface area is 159 Å². The van der Waals surface area contributed by atoms with Crippen LogP contribution in [-0.4, -0.2) is 15.4 Å². The summed E-state index contributed by atoms with van der Waals surface area (Å²) in [5.74, 6) is -0.765. The molecule has 27 heavy (non-hydrogen) atoms. The van der Waals surface area contributed by atoms with E-state index in [2.05, 4.69) is 4.98 Å². The number of hydrogen-bond acceptors (Lipinski definition) is 4. The minimum atomic E-state index is -0.708. The molecule has 0 aliphatic heterocycles. The lowest BCUT2D eigenvalue weighted by atomic mass is 10.3. The van der Waals surface area contributed by atoms with Crippen molar-refractivity contribution in [3.8, 4) is 11.6 Å². The normalized spacial score (nSPS) is 10.9. The fraction of sp³-hybridized carbons (Fsp3) is 0.0500. The van der Waals surface area contributed by atoms with Crippen LogP contribution in [0, 0.1) is 0 Å². The molecule has 0 amide bonds. The molecule has 0 saturated carbocycles. The van der Waals surface area contributed by atoms with Crippen molar-refractivity contribution in [2.75, 3.05) is 0 Å². The van der Waals surface area contributed by atoms with Gasteiger partial charge >= 0.3 is 5.97 Å². The Hall–Kier alpha value is -3.38. The van der Waals surface area contributed by atoms with E-state index in [1.165, 1.54) is 8.97 Å². The maximum absolute atomic E-state index is 13.0. The van der Waals surface area contributed by atoms with Crippen LogP contribution in [0.1, 0.15) is 16.1 Å². The van der Waals surface area contributed by atoms with Crippen LogP contribution in [-0.2, 0) is 6.54 Å². The first-order chi connectivity index (χ1) is 13.1. The third-order valence-electron chi connectivity index (χ3n) is 4.08. The number of imidazole rings is 1. The Morgan fingerprint density at radius 3 is 2.63 bits per heavy atom. The zero-order valence-corrected chi connectivity index (χ0v) is 14.8. The largest absolute Gasteiger partial charge is 0.839 e. The van der Waals surface area contributed by atoms with Crippen molar-refractivity contribution in [2.45, 2.75) is 6.54 Å². The van der Waals surface area contributed by atoms with Crippen molar-refractivity contribution in [2.24, 2.45) is 0 Å². The standard InChI is InChI=1S/C20H14ClN3O3/c21-16-10-9-14(12-22-16)13-24-17-8-4-5-11-23(17)18(19(24)25)20(26)27-15-6-2-1-3-7-15/h1-12H,13H2. The highest BCUT2D eigenvalue weighted by Crippen LogP contribution is 2.19. The molecule has 0 N–H and O–H groups in total. The number of carbonyl (C=O) groups excluding carboxylic acids is 1. The van der Waals surface area contributed by atoms with Crippen molar-refractivity contribution in [3.05, 3.63) is 89.5 Å². The second-order valence-electron chi connectivity index (χ2n) is 5.86. The number of ether oxygens (including phenoxy) is 1. The van der Waals surface area contributed by atoms with Gasteiger partial charge in [0, 0.05) is 17.8 Å². The number of esters is 1. The van der Waals surface area contributed by atoms with E-state index in [9.17, 15) is 9.90 Å². The van der Waals surface area contributed by atoms with Crippen molar-refractivity contribution < 1.29 is 19.2 Å². The van der Waals surface area contributed by atoms with Crippen LogP contribution in [0.15, 0.2) is 73.1 Å². The van der Waals surface area contributed by atoms with Gasteiger partial charge in [-0.1, -0.05) is 41.9 Å². The van der Waals surface area contributed by atoms with Gasteiger partial charge in [-0.05, 0) is 24.3 Å². The van der Waals surface area contributed by atoms with E-state index in [0.717, 1.165) is 5.56 Å². The smallest absolute Gasteiger partial charge is 0.387 e. The molecule has 3 heterocycles. The molecule has 4 aromatic rings. The molecular formula is C20H14ClN3O3. The SMILES string of the molecule is O=C(Oc1ccccc1)c1c([O-])[n+](Cc2ccc(Cl)nc2)c2ccccn12. The average molecular weight is 380 g/mol. The molecule has 1 aromatic carbocycles. The first-order valence-electron chi connectivity index (χ1n) is 8.21. The number of carbonyl (C=O) groups is 1. The molecule has 4 rings (SSSR count). The summed E-state index contributed by atoms with van der Waals surface area (Å²) in [6.45, 7) is 0.259.